The molecule has 9 nitrogen and oxygen atoms in total. The number of nitrogens with zero attached hydrogens (tertiary/aromatic N) is 3. The van der Waals surface area contributed by atoms with Crippen molar-refractivity contribution in [1.29, 1.82) is 0 Å². The summed E-state index contributed by atoms with van der Waals surface area (Å²) in [7, 11) is 0. The molecule has 0 saturated carbocycles. The Balaban J connectivity index is 1.52. The normalized spacial score (nSPS) is 14.6. The van der Waals surface area contributed by atoms with E-state index in [1.165, 1.54) is 24.3 Å². The molecule has 1 aromatic carbocycles. The van der Waals surface area contributed by atoms with Crippen molar-refractivity contribution in [3.8, 4) is 5.75 Å². The highest BCUT2D eigenvalue weighted by molar-refractivity contribution is 5.98. The zero-order chi connectivity index (χ0) is 20.8. The second-order valence-corrected chi connectivity index (χ2v) is 6.59. The molecule has 1 aromatic heterocycles. The van der Waals surface area contributed by atoms with Crippen LogP contribution in [0.3, 0.4) is 0 Å². The monoisotopic (exact) mass is 399 g/mol. The number of benzene rings is 1. The first-order chi connectivity index (χ1) is 13.9. The highest BCUT2D eigenvalue weighted by Gasteiger charge is 2.28. The molecular weight excluding hydrogens is 378 g/mol. The summed E-state index contributed by atoms with van der Waals surface area (Å²) in [6, 6.07) is 9.73. The third-order valence-electron chi connectivity index (χ3n) is 4.65. The molecule has 152 valence electrons. The smallest absolute Gasteiger partial charge is 0.356 e. The highest BCUT2D eigenvalue weighted by Crippen LogP contribution is 2.17. The molecule has 1 aliphatic rings. The maximum atomic E-state index is 12.5. The van der Waals surface area contributed by atoms with Crippen LogP contribution in [0.1, 0.15) is 10.4 Å². The second-order valence-electron chi connectivity index (χ2n) is 6.59. The summed E-state index contributed by atoms with van der Waals surface area (Å²) in [6.07, 6.45) is 1.52. The highest BCUT2D eigenvalue weighted by atomic mass is 16.5. The molecule has 1 fully saturated rings. The summed E-state index contributed by atoms with van der Waals surface area (Å²) >= 11 is 0. The van der Waals surface area contributed by atoms with Crippen molar-refractivity contribution in [2.24, 2.45) is 0 Å². The minimum atomic E-state index is -1.99. The fourth-order valence-corrected chi connectivity index (χ4v) is 3.08. The van der Waals surface area contributed by atoms with Crippen molar-refractivity contribution in [3.05, 3.63) is 54.4 Å². The number of carbonyl (C=O) groups excluding carboxylic acids is 1. The van der Waals surface area contributed by atoms with E-state index in [0.717, 1.165) is 31.9 Å². The van der Waals surface area contributed by atoms with Gasteiger partial charge in [-0.15, -0.1) is 0 Å². The molecule has 0 spiro atoms. The largest absolute Gasteiger partial charge is 0.478 e. The number of ether oxygens (including phenoxy) is 1. The number of hydrogen-bond donors (Lipinski definition) is 2. The first-order valence-corrected chi connectivity index (χ1v) is 9.07. The summed E-state index contributed by atoms with van der Waals surface area (Å²) in [6.45, 7) is 3.42. The predicted octanol–water partition coefficient (Wildman–Crippen LogP) is 1.00. The van der Waals surface area contributed by atoms with Crippen molar-refractivity contribution >= 4 is 23.4 Å². The van der Waals surface area contributed by atoms with Gasteiger partial charge in [-0.05, 0) is 36.4 Å². The molecule has 1 saturated heterocycles. The van der Waals surface area contributed by atoms with Crippen LogP contribution in [0.2, 0.25) is 0 Å². The number of Topliss-reactive ketones (excluding diaryl/α,β-unsaturated/α-hetero) is 1. The van der Waals surface area contributed by atoms with Crippen molar-refractivity contribution < 1.29 is 29.3 Å². The van der Waals surface area contributed by atoms with E-state index in [2.05, 4.69) is 14.8 Å². The van der Waals surface area contributed by atoms with Gasteiger partial charge in [-0.3, -0.25) is 14.7 Å². The molecule has 2 N–H and O–H groups in total. The fraction of sp³-hybridized carbons (Fsp3) is 0.300. The molecule has 9 heteroatoms. The topological polar surface area (TPSA) is 120 Å². The van der Waals surface area contributed by atoms with Crippen LogP contribution in [0.25, 0.3) is 0 Å². The quantitative estimate of drug-likeness (QED) is 0.495. The van der Waals surface area contributed by atoms with Crippen molar-refractivity contribution in [2.75, 3.05) is 37.6 Å². The summed E-state index contributed by atoms with van der Waals surface area (Å²) in [5.74, 6) is -3.18. The lowest BCUT2D eigenvalue weighted by atomic mass is 10.1. The number of pyridine rings is 1. The molecule has 0 atom stereocenters. The van der Waals surface area contributed by atoms with Gasteiger partial charge >= 0.3 is 11.9 Å². The van der Waals surface area contributed by atoms with Crippen LogP contribution in [0.5, 0.6) is 5.75 Å². The van der Waals surface area contributed by atoms with E-state index in [9.17, 15) is 14.4 Å². The van der Waals surface area contributed by atoms with Gasteiger partial charge in [0.2, 0.25) is 0 Å². The minimum absolute atomic E-state index is 0.0677. The van der Waals surface area contributed by atoms with Crippen LogP contribution in [0, 0.1) is 0 Å². The summed E-state index contributed by atoms with van der Waals surface area (Å²) in [5, 5.41) is 17.7. The Morgan fingerprint density at radius 3 is 2.07 bits per heavy atom. The number of hydrogen-bond acceptors (Lipinski definition) is 7. The standard InChI is InChI=1S/C20H21N3O6/c24-17(13-22-9-11-23(12-10-22)15-5-7-21-8-6-15)14-1-3-16(4-2-14)29-18(19(25)26)20(27)28/h1-8,18H,9-13H2,(H,25,26)(H,27,28). The summed E-state index contributed by atoms with van der Waals surface area (Å²) in [5.41, 5.74) is 1.57. The Morgan fingerprint density at radius 1 is 0.931 bits per heavy atom. The lowest BCUT2D eigenvalue weighted by Gasteiger charge is -2.35. The zero-order valence-electron chi connectivity index (χ0n) is 15.6. The van der Waals surface area contributed by atoms with Crippen LogP contribution < -0.4 is 9.64 Å². The number of carbonyl (C=O) groups is 3. The van der Waals surface area contributed by atoms with Gasteiger partial charge < -0.3 is 19.8 Å². The summed E-state index contributed by atoms with van der Waals surface area (Å²) < 4.78 is 4.95. The van der Waals surface area contributed by atoms with Gasteiger partial charge in [0, 0.05) is 49.8 Å². The van der Waals surface area contributed by atoms with Gasteiger partial charge in [0.05, 0.1) is 6.54 Å². The van der Waals surface area contributed by atoms with E-state index >= 15 is 0 Å². The third kappa shape index (κ3) is 5.29. The van der Waals surface area contributed by atoms with Crippen molar-refractivity contribution in [1.82, 2.24) is 9.88 Å². The van der Waals surface area contributed by atoms with Crippen LogP contribution in [0.15, 0.2) is 48.8 Å². The average Bonchev–Trinajstić information content (AvgIpc) is 2.73. The van der Waals surface area contributed by atoms with Crippen molar-refractivity contribution in [2.45, 2.75) is 6.10 Å². The average molecular weight is 399 g/mol. The second kappa shape index (κ2) is 9.16. The molecule has 3 rings (SSSR count). The van der Waals surface area contributed by atoms with Crippen LogP contribution in [-0.4, -0.2) is 76.6 Å². The Bertz CT molecular complexity index is 850. The predicted molar refractivity (Wildman–Crippen MR) is 103 cm³/mol. The molecule has 29 heavy (non-hydrogen) atoms. The first-order valence-electron chi connectivity index (χ1n) is 9.07. The number of aromatic nitrogens is 1. The van der Waals surface area contributed by atoms with Crippen LogP contribution >= 0.6 is 0 Å². The molecule has 1 aliphatic heterocycles. The molecular formula is C20H21N3O6. The molecule has 0 bridgehead atoms. The molecule has 2 aromatic rings. The number of anilines is 1. The van der Waals surface area contributed by atoms with Crippen LogP contribution in [-0.2, 0) is 9.59 Å². The molecule has 0 unspecified atom stereocenters. The van der Waals surface area contributed by atoms with Gasteiger partial charge in [0.1, 0.15) is 5.75 Å². The number of ketones is 1. The van der Waals surface area contributed by atoms with Crippen LogP contribution in [0.4, 0.5) is 5.69 Å². The Hall–Kier alpha value is -3.46. The van der Waals surface area contributed by atoms with Gasteiger partial charge in [-0.25, -0.2) is 9.59 Å². The van der Waals surface area contributed by atoms with E-state index in [1.807, 2.05) is 12.1 Å². The Labute approximate surface area is 167 Å². The number of piperazine rings is 1. The van der Waals surface area contributed by atoms with E-state index in [-0.39, 0.29) is 18.1 Å². The Morgan fingerprint density at radius 2 is 1.52 bits per heavy atom. The fourth-order valence-electron chi connectivity index (χ4n) is 3.08. The van der Waals surface area contributed by atoms with Gasteiger partial charge in [0.25, 0.3) is 6.10 Å². The van der Waals surface area contributed by atoms with E-state index in [4.69, 9.17) is 14.9 Å². The maximum Gasteiger partial charge on any atom is 0.356 e. The minimum Gasteiger partial charge on any atom is -0.478 e. The van der Waals surface area contributed by atoms with Crippen molar-refractivity contribution in [3.63, 3.8) is 0 Å². The number of aliphatic carboxylic acids is 2. The van der Waals surface area contributed by atoms with E-state index in [0.29, 0.717) is 5.56 Å². The van der Waals surface area contributed by atoms with Gasteiger partial charge in [-0.1, -0.05) is 0 Å². The molecule has 0 radical (unpaired) electrons. The van der Waals surface area contributed by atoms with E-state index in [1.54, 1.807) is 12.4 Å². The van der Waals surface area contributed by atoms with E-state index < -0.39 is 18.0 Å². The number of rotatable bonds is 8. The third-order valence-corrected chi connectivity index (χ3v) is 4.65. The SMILES string of the molecule is O=C(CN1CCN(c2ccncc2)CC1)c1ccc(OC(C(=O)O)C(=O)O)cc1. The number of carboxylic acid groups (broad SMARTS) is 2. The van der Waals surface area contributed by atoms with Gasteiger partial charge in [-0.2, -0.15) is 0 Å². The molecule has 2 heterocycles. The molecule has 0 aliphatic carbocycles. The zero-order valence-corrected chi connectivity index (χ0v) is 15.6. The number of carboxylic acids is 2. The lowest BCUT2D eigenvalue weighted by Crippen LogP contribution is -2.48. The summed E-state index contributed by atoms with van der Waals surface area (Å²) in [4.78, 5) is 42.6. The lowest BCUT2D eigenvalue weighted by molar-refractivity contribution is -0.159. The Kier molecular flexibility index (Phi) is 6.40. The van der Waals surface area contributed by atoms with Gasteiger partial charge in [0.15, 0.2) is 5.78 Å². The molecule has 0 amide bonds. The maximum absolute atomic E-state index is 12.5. The first kappa shape index (κ1) is 20.3.